The standard InChI is InChI=1S/C21H32BrN3O2S/c1-4-5-8-25-19(26)18(11-15(2)3)23-20(27)21(25)6-9-24(10-7-21)13-17-12-16(22)14-28-17/h12,14-15,18H,4-11,13H2,1-3H3,(H,23,27). The van der Waals surface area contributed by atoms with Gasteiger partial charge in [0.1, 0.15) is 11.6 Å². The summed E-state index contributed by atoms with van der Waals surface area (Å²) in [7, 11) is 0. The summed E-state index contributed by atoms with van der Waals surface area (Å²) in [5.74, 6) is 0.563. The topological polar surface area (TPSA) is 52.7 Å². The van der Waals surface area contributed by atoms with E-state index in [4.69, 9.17) is 0 Å². The number of piperidine rings is 1. The van der Waals surface area contributed by atoms with Crippen LogP contribution in [0.2, 0.25) is 0 Å². The maximum absolute atomic E-state index is 13.3. The van der Waals surface area contributed by atoms with Crippen LogP contribution in [0.3, 0.4) is 0 Å². The molecule has 2 aliphatic heterocycles. The maximum Gasteiger partial charge on any atom is 0.246 e. The number of hydrogen-bond acceptors (Lipinski definition) is 4. The zero-order valence-corrected chi connectivity index (χ0v) is 19.6. The van der Waals surface area contributed by atoms with Crippen LogP contribution in [0.15, 0.2) is 15.9 Å². The third kappa shape index (κ3) is 4.62. The van der Waals surface area contributed by atoms with Crippen molar-refractivity contribution < 1.29 is 9.59 Å². The highest BCUT2D eigenvalue weighted by Gasteiger charge is 2.53. The highest BCUT2D eigenvalue weighted by atomic mass is 79.9. The summed E-state index contributed by atoms with van der Waals surface area (Å²) in [6.45, 7) is 9.61. The number of amides is 2. The summed E-state index contributed by atoms with van der Waals surface area (Å²) in [5.41, 5.74) is -0.660. The minimum Gasteiger partial charge on any atom is -0.342 e. The predicted molar refractivity (Wildman–Crippen MR) is 117 cm³/mol. The number of nitrogens with zero attached hydrogens (tertiary/aromatic N) is 2. The summed E-state index contributed by atoms with van der Waals surface area (Å²) in [5, 5.41) is 5.19. The quantitative estimate of drug-likeness (QED) is 0.655. The predicted octanol–water partition coefficient (Wildman–Crippen LogP) is 4.02. The zero-order chi connectivity index (χ0) is 20.3. The molecule has 1 N–H and O–H groups in total. The molecule has 2 aliphatic rings. The molecule has 2 saturated heterocycles. The van der Waals surface area contributed by atoms with Gasteiger partial charge in [0.2, 0.25) is 11.8 Å². The minimum atomic E-state index is -0.660. The highest BCUT2D eigenvalue weighted by molar-refractivity contribution is 9.10. The Morgan fingerprint density at radius 3 is 2.61 bits per heavy atom. The number of carbonyl (C=O) groups excluding carboxylic acids is 2. The van der Waals surface area contributed by atoms with Crippen LogP contribution in [-0.4, -0.2) is 52.8 Å². The second-order valence-corrected chi connectivity index (χ2v) is 10.4. The number of likely N-dealkylation sites (tertiary alicyclic amines) is 1. The molecule has 2 amide bonds. The zero-order valence-electron chi connectivity index (χ0n) is 17.2. The lowest BCUT2D eigenvalue weighted by Crippen LogP contribution is -2.73. The minimum absolute atomic E-state index is 0.0624. The first-order valence-corrected chi connectivity index (χ1v) is 12.1. The normalized spacial score (nSPS) is 22.9. The molecule has 0 aliphatic carbocycles. The Labute approximate surface area is 181 Å². The van der Waals surface area contributed by atoms with Gasteiger partial charge in [0.15, 0.2) is 0 Å². The van der Waals surface area contributed by atoms with Crippen molar-refractivity contribution >= 4 is 39.1 Å². The van der Waals surface area contributed by atoms with E-state index in [1.807, 2.05) is 4.90 Å². The number of hydrogen-bond donors (Lipinski definition) is 1. The van der Waals surface area contributed by atoms with E-state index < -0.39 is 5.54 Å². The van der Waals surface area contributed by atoms with Gasteiger partial charge in [-0.2, -0.15) is 0 Å². The monoisotopic (exact) mass is 469 g/mol. The van der Waals surface area contributed by atoms with Gasteiger partial charge in [-0.15, -0.1) is 11.3 Å². The molecule has 0 aromatic carbocycles. The third-order valence-electron chi connectivity index (χ3n) is 5.94. The molecule has 0 saturated carbocycles. The van der Waals surface area contributed by atoms with Gasteiger partial charge in [-0.1, -0.05) is 27.2 Å². The molecule has 1 atom stereocenters. The van der Waals surface area contributed by atoms with Crippen molar-refractivity contribution in [3.63, 3.8) is 0 Å². The first-order valence-electron chi connectivity index (χ1n) is 10.4. The van der Waals surface area contributed by atoms with Crippen LogP contribution in [0.25, 0.3) is 0 Å². The fourth-order valence-electron chi connectivity index (χ4n) is 4.38. The Morgan fingerprint density at radius 2 is 2.04 bits per heavy atom. The fraction of sp³-hybridized carbons (Fsp3) is 0.714. The Bertz CT molecular complexity index is 698. The number of rotatable bonds is 7. The maximum atomic E-state index is 13.3. The van der Waals surface area contributed by atoms with Gasteiger partial charge in [-0.05, 0) is 53.6 Å². The van der Waals surface area contributed by atoms with Gasteiger partial charge >= 0.3 is 0 Å². The van der Waals surface area contributed by atoms with Gasteiger partial charge in [0.25, 0.3) is 0 Å². The molecule has 5 nitrogen and oxygen atoms in total. The molecule has 3 heterocycles. The Morgan fingerprint density at radius 1 is 1.32 bits per heavy atom. The van der Waals surface area contributed by atoms with Crippen LogP contribution >= 0.6 is 27.3 Å². The van der Waals surface area contributed by atoms with Crippen molar-refractivity contribution in [1.82, 2.24) is 15.1 Å². The smallest absolute Gasteiger partial charge is 0.246 e. The Balaban J connectivity index is 1.72. The third-order valence-corrected chi connectivity index (χ3v) is 7.62. The molecule has 2 fully saturated rings. The molecule has 28 heavy (non-hydrogen) atoms. The van der Waals surface area contributed by atoms with Gasteiger partial charge in [0.05, 0.1) is 0 Å². The first kappa shape index (κ1) is 21.8. The van der Waals surface area contributed by atoms with Crippen LogP contribution in [-0.2, 0) is 16.1 Å². The van der Waals surface area contributed by atoms with Crippen molar-refractivity contribution in [3.05, 3.63) is 20.8 Å². The fourth-order valence-corrected chi connectivity index (χ4v) is 5.88. The average molecular weight is 470 g/mol. The van der Waals surface area contributed by atoms with Crippen LogP contribution in [0.1, 0.15) is 57.8 Å². The molecular weight excluding hydrogens is 438 g/mol. The van der Waals surface area contributed by atoms with Gasteiger partial charge in [0, 0.05) is 40.9 Å². The molecule has 1 unspecified atom stereocenters. The van der Waals surface area contributed by atoms with E-state index in [1.54, 1.807) is 11.3 Å². The van der Waals surface area contributed by atoms with E-state index in [9.17, 15) is 9.59 Å². The molecule has 1 spiro atoms. The summed E-state index contributed by atoms with van der Waals surface area (Å²) in [6, 6.07) is 1.80. The highest BCUT2D eigenvalue weighted by Crippen LogP contribution is 2.35. The van der Waals surface area contributed by atoms with Crippen molar-refractivity contribution in [1.29, 1.82) is 0 Å². The number of nitrogens with one attached hydrogen (secondary N) is 1. The van der Waals surface area contributed by atoms with E-state index in [1.165, 1.54) is 4.88 Å². The number of piperazine rings is 1. The van der Waals surface area contributed by atoms with Gasteiger partial charge in [-0.25, -0.2) is 0 Å². The SMILES string of the molecule is CCCCN1C(=O)C(CC(C)C)NC(=O)C12CCN(Cc1cc(Br)cs1)CC2. The van der Waals surface area contributed by atoms with Crippen molar-refractivity contribution in [3.8, 4) is 0 Å². The molecule has 1 aromatic heterocycles. The second kappa shape index (κ2) is 9.26. The average Bonchev–Trinajstić information content (AvgIpc) is 3.06. The van der Waals surface area contributed by atoms with Crippen molar-refractivity contribution in [2.75, 3.05) is 19.6 Å². The Kier molecular flexibility index (Phi) is 7.21. The summed E-state index contributed by atoms with van der Waals surface area (Å²) in [6.07, 6.45) is 4.12. The lowest BCUT2D eigenvalue weighted by molar-refractivity contribution is -0.161. The molecule has 0 radical (unpaired) electrons. The van der Waals surface area contributed by atoms with Crippen LogP contribution in [0, 0.1) is 5.92 Å². The number of carbonyl (C=O) groups is 2. The summed E-state index contributed by atoms with van der Waals surface area (Å²) >= 11 is 5.27. The molecular formula is C21H32BrN3O2S. The van der Waals surface area contributed by atoms with Crippen LogP contribution < -0.4 is 5.32 Å². The van der Waals surface area contributed by atoms with Crippen molar-refractivity contribution in [2.24, 2.45) is 5.92 Å². The lowest BCUT2D eigenvalue weighted by atomic mass is 9.80. The molecule has 1 aromatic rings. The van der Waals surface area contributed by atoms with Gasteiger partial charge in [-0.3, -0.25) is 14.5 Å². The molecule has 156 valence electrons. The number of thiophene rings is 1. The Hall–Kier alpha value is -0.920. The van der Waals surface area contributed by atoms with Crippen molar-refractivity contribution in [2.45, 2.75) is 71.0 Å². The van der Waals surface area contributed by atoms with Crippen LogP contribution in [0.5, 0.6) is 0 Å². The second-order valence-electron chi connectivity index (χ2n) is 8.54. The lowest BCUT2D eigenvalue weighted by Gasteiger charge is -2.52. The number of unbranched alkanes of at least 4 members (excludes halogenated alkanes) is 1. The van der Waals surface area contributed by atoms with Crippen LogP contribution in [0.4, 0.5) is 0 Å². The van der Waals surface area contributed by atoms with Gasteiger partial charge < -0.3 is 10.2 Å². The number of halogens is 1. The van der Waals surface area contributed by atoms with E-state index in [0.29, 0.717) is 18.9 Å². The largest absolute Gasteiger partial charge is 0.342 e. The molecule has 3 rings (SSSR count). The summed E-state index contributed by atoms with van der Waals surface area (Å²) in [4.78, 5) is 32.2. The van der Waals surface area contributed by atoms with E-state index in [-0.39, 0.29) is 17.9 Å². The summed E-state index contributed by atoms with van der Waals surface area (Å²) < 4.78 is 1.13. The van der Waals surface area contributed by atoms with E-state index in [0.717, 1.165) is 49.8 Å². The molecule has 0 bridgehead atoms. The first-order chi connectivity index (χ1) is 13.4. The van der Waals surface area contributed by atoms with E-state index in [2.05, 4.69) is 58.4 Å². The molecule has 7 heteroatoms. The van der Waals surface area contributed by atoms with E-state index >= 15 is 0 Å².